The lowest BCUT2D eigenvalue weighted by molar-refractivity contribution is 0.0944. The highest BCUT2D eigenvalue weighted by atomic mass is 35.5. The van der Waals surface area contributed by atoms with Crippen LogP contribution in [0.4, 0.5) is 0 Å². The van der Waals surface area contributed by atoms with Gasteiger partial charge in [-0.25, -0.2) is 0 Å². The van der Waals surface area contributed by atoms with Crippen LogP contribution in [0.15, 0.2) is 72.8 Å². The van der Waals surface area contributed by atoms with E-state index in [1.54, 1.807) is 25.3 Å². The fourth-order valence-corrected chi connectivity index (χ4v) is 3.89. The lowest BCUT2D eigenvalue weighted by Gasteiger charge is -2.12. The molecular weight excluding hydrogens is 407 g/mol. The number of carbonyl (C=O) groups is 1. The zero-order valence-electron chi connectivity index (χ0n) is 15.7. The van der Waals surface area contributed by atoms with Crippen molar-refractivity contribution in [3.63, 3.8) is 0 Å². The van der Waals surface area contributed by atoms with E-state index >= 15 is 0 Å². The number of aromatic nitrogens is 1. The Kier molecular flexibility index (Phi) is 5.47. The van der Waals surface area contributed by atoms with Gasteiger partial charge in [0.05, 0.1) is 12.6 Å². The van der Waals surface area contributed by atoms with Crippen LogP contribution in [0, 0.1) is 0 Å². The van der Waals surface area contributed by atoms with Crippen LogP contribution in [0.3, 0.4) is 0 Å². The number of halogens is 2. The average Bonchev–Trinajstić information content (AvgIpc) is 3.11. The van der Waals surface area contributed by atoms with Crippen molar-refractivity contribution < 1.29 is 9.53 Å². The smallest absolute Gasteiger partial charge is 0.268 e. The first-order valence-electron chi connectivity index (χ1n) is 9.03. The molecule has 0 fully saturated rings. The molecule has 4 nitrogen and oxygen atoms in total. The quantitative estimate of drug-likeness (QED) is 0.434. The lowest BCUT2D eigenvalue weighted by atomic mass is 10.2. The molecule has 6 heteroatoms. The van der Waals surface area contributed by atoms with Gasteiger partial charge in [0.15, 0.2) is 0 Å². The third-order valence-corrected chi connectivity index (χ3v) is 5.09. The average molecular weight is 425 g/mol. The number of amides is 1. The molecule has 0 aliphatic rings. The molecule has 1 N–H and O–H groups in total. The first kappa shape index (κ1) is 19.4. The van der Waals surface area contributed by atoms with Gasteiger partial charge in [0.1, 0.15) is 11.4 Å². The molecule has 0 aliphatic carbocycles. The Morgan fingerprint density at radius 3 is 2.34 bits per heavy atom. The van der Waals surface area contributed by atoms with Crippen molar-refractivity contribution in [3.05, 3.63) is 94.1 Å². The summed E-state index contributed by atoms with van der Waals surface area (Å²) < 4.78 is 7.19. The molecule has 0 unspecified atom stereocenters. The van der Waals surface area contributed by atoms with Gasteiger partial charge in [0.25, 0.3) is 5.91 Å². The normalized spacial score (nSPS) is 10.9. The Balaban J connectivity index is 1.69. The van der Waals surface area contributed by atoms with E-state index in [4.69, 9.17) is 27.9 Å². The van der Waals surface area contributed by atoms with Crippen molar-refractivity contribution >= 4 is 40.0 Å². The van der Waals surface area contributed by atoms with Gasteiger partial charge in [0, 0.05) is 27.7 Å². The van der Waals surface area contributed by atoms with E-state index in [-0.39, 0.29) is 5.91 Å². The van der Waals surface area contributed by atoms with E-state index in [2.05, 4.69) is 5.32 Å². The van der Waals surface area contributed by atoms with E-state index in [0.717, 1.165) is 27.9 Å². The number of benzene rings is 3. The predicted octanol–water partition coefficient (Wildman–Crippen LogP) is 5.88. The van der Waals surface area contributed by atoms with E-state index < -0.39 is 0 Å². The Morgan fingerprint density at radius 1 is 0.966 bits per heavy atom. The maximum atomic E-state index is 13.1. The Bertz CT molecular complexity index is 1160. The minimum absolute atomic E-state index is 0.187. The molecule has 0 bridgehead atoms. The van der Waals surface area contributed by atoms with Crippen molar-refractivity contribution in [2.75, 3.05) is 7.11 Å². The number of nitrogens with one attached hydrogen (secondary N) is 1. The van der Waals surface area contributed by atoms with Crippen molar-refractivity contribution in [1.29, 1.82) is 0 Å². The SMILES string of the molecule is COc1ccc(-n2c(C(=O)NCc3cc(Cl)cc(Cl)c3)cc3ccccc32)cc1. The number of fused-ring (bicyclic) bond motifs is 1. The number of rotatable bonds is 5. The van der Waals surface area contributed by atoms with Crippen LogP contribution in [0.1, 0.15) is 16.1 Å². The van der Waals surface area contributed by atoms with Gasteiger partial charge in [-0.3, -0.25) is 4.79 Å². The zero-order chi connectivity index (χ0) is 20.4. The van der Waals surface area contributed by atoms with Crippen LogP contribution in [-0.4, -0.2) is 17.6 Å². The third kappa shape index (κ3) is 4.09. The highest BCUT2D eigenvalue weighted by molar-refractivity contribution is 6.34. The monoisotopic (exact) mass is 424 g/mol. The van der Waals surface area contributed by atoms with Crippen molar-refractivity contribution in [2.24, 2.45) is 0 Å². The van der Waals surface area contributed by atoms with Crippen LogP contribution in [0.25, 0.3) is 16.6 Å². The third-order valence-electron chi connectivity index (χ3n) is 4.65. The molecule has 4 rings (SSSR count). The summed E-state index contributed by atoms with van der Waals surface area (Å²) in [6, 6.07) is 22.6. The van der Waals surface area contributed by atoms with Crippen LogP contribution >= 0.6 is 23.2 Å². The van der Waals surface area contributed by atoms with Crippen molar-refractivity contribution in [1.82, 2.24) is 9.88 Å². The van der Waals surface area contributed by atoms with Crippen LogP contribution in [0.5, 0.6) is 5.75 Å². The van der Waals surface area contributed by atoms with Gasteiger partial charge in [-0.15, -0.1) is 0 Å². The maximum absolute atomic E-state index is 13.1. The Hall–Kier alpha value is -2.95. The Morgan fingerprint density at radius 2 is 1.66 bits per heavy atom. The fraction of sp³-hybridized carbons (Fsp3) is 0.0870. The van der Waals surface area contributed by atoms with Gasteiger partial charge in [-0.05, 0) is 60.2 Å². The molecule has 0 atom stereocenters. The van der Waals surface area contributed by atoms with E-state index in [1.165, 1.54) is 0 Å². The summed E-state index contributed by atoms with van der Waals surface area (Å²) in [6.45, 7) is 0.323. The van der Waals surface area contributed by atoms with E-state index in [0.29, 0.717) is 22.3 Å². The number of para-hydroxylation sites is 1. The van der Waals surface area contributed by atoms with Crippen LogP contribution in [0.2, 0.25) is 10.0 Å². The van der Waals surface area contributed by atoms with Gasteiger partial charge in [0.2, 0.25) is 0 Å². The predicted molar refractivity (Wildman–Crippen MR) is 117 cm³/mol. The first-order valence-corrected chi connectivity index (χ1v) is 9.79. The second kappa shape index (κ2) is 8.19. The fourth-order valence-electron chi connectivity index (χ4n) is 3.32. The largest absolute Gasteiger partial charge is 0.497 e. The minimum atomic E-state index is -0.187. The summed E-state index contributed by atoms with van der Waals surface area (Å²) >= 11 is 12.1. The lowest BCUT2D eigenvalue weighted by Crippen LogP contribution is -2.25. The second-order valence-corrected chi connectivity index (χ2v) is 7.46. The second-order valence-electron chi connectivity index (χ2n) is 6.58. The molecule has 3 aromatic carbocycles. The molecule has 0 saturated carbocycles. The number of hydrogen-bond donors (Lipinski definition) is 1. The molecule has 29 heavy (non-hydrogen) atoms. The highest BCUT2D eigenvalue weighted by Crippen LogP contribution is 2.26. The topological polar surface area (TPSA) is 43.3 Å². The first-order chi connectivity index (χ1) is 14.0. The highest BCUT2D eigenvalue weighted by Gasteiger charge is 2.17. The molecule has 1 amide bonds. The molecular formula is C23H18Cl2N2O2. The summed E-state index contributed by atoms with van der Waals surface area (Å²) in [5.41, 5.74) is 3.21. The molecule has 1 heterocycles. The van der Waals surface area contributed by atoms with E-state index in [9.17, 15) is 4.79 Å². The Labute approximate surface area is 178 Å². The molecule has 4 aromatic rings. The standard InChI is InChI=1S/C23H18Cl2N2O2/c1-29-20-8-6-19(7-9-20)27-21-5-3-2-4-16(21)12-22(27)23(28)26-14-15-10-17(24)13-18(25)11-15/h2-13H,14H2,1H3,(H,26,28). The summed E-state index contributed by atoms with van der Waals surface area (Å²) in [6.07, 6.45) is 0. The summed E-state index contributed by atoms with van der Waals surface area (Å²) in [7, 11) is 1.63. The minimum Gasteiger partial charge on any atom is -0.497 e. The van der Waals surface area contributed by atoms with Crippen LogP contribution < -0.4 is 10.1 Å². The number of ether oxygens (including phenoxy) is 1. The van der Waals surface area contributed by atoms with Crippen LogP contribution in [-0.2, 0) is 6.54 Å². The number of hydrogen-bond acceptors (Lipinski definition) is 2. The molecule has 0 radical (unpaired) electrons. The number of carbonyl (C=O) groups excluding carboxylic acids is 1. The zero-order valence-corrected chi connectivity index (χ0v) is 17.2. The molecule has 146 valence electrons. The van der Waals surface area contributed by atoms with E-state index in [1.807, 2.05) is 59.2 Å². The van der Waals surface area contributed by atoms with Crippen molar-refractivity contribution in [3.8, 4) is 11.4 Å². The maximum Gasteiger partial charge on any atom is 0.268 e. The molecule has 0 saturated heterocycles. The van der Waals surface area contributed by atoms with Crippen molar-refractivity contribution in [2.45, 2.75) is 6.54 Å². The molecule has 1 aromatic heterocycles. The van der Waals surface area contributed by atoms with Gasteiger partial charge in [-0.1, -0.05) is 41.4 Å². The number of methoxy groups -OCH3 is 1. The molecule has 0 aliphatic heterocycles. The van der Waals surface area contributed by atoms with Gasteiger partial charge in [-0.2, -0.15) is 0 Å². The number of nitrogens with zero attached hydrogens (tertiary/aromatic N) is 1. The summed E-state index contributed by atoms with van der Waals surface area (Å²) in [4.78, 5) is 13.1. The summed E-state index contributed by atoms with van der Waals surface area (Å²) in [5.74, 6) is 0.571. The van der Waals surface area contributed by atoms with Gasteiger partial charge >= 0.3 is 0 Å². The summed E-state index contributed by atoms with van der Waals surface area (Å²) in [5, 5.41) is 5.02. The van der Waals surface area contributed by atoms with Gasteiger partial charge < -0.3 is 14.6 Å². The molecule has 0 spiro atoms.